The molecule has 1 rings (SSSR count). The summed E-state index contributed by atoms with van der Waals surface area (Å²) in [6.07, 6.45) is 0. The van der Waals surface area contributed by atoms with Crippen molar-refractivity contribution in [1.29, 1.82) is 0 Å². The number of benzene rings is 1. The molecule has 0 saturated heterocycles. The van der Waals surface area contributed by atoms with E-state index in [-0.39, 0.29) is 51.4 Å². The number of nitro groups is 2. The third kappa shape index (κ3) is 3.93. The second-order valence-corrected chi connectivity index (χ2v) is 4.56. The molecule has 0 amide bonds. The van der Waals surface area contributed by atoms with Gasteiger partial charge in [-0.3, -0.25) is 24.8 Å². The van der Waals surface area contributed by atoms with Gasteiger partial charge in [0.2, 0.25) is 0 Å². The van der Waals surface area contributed by atoms with Gasteiger partial charge < -0.3 is 0 Å². The zero-order valence-corrected chi connectivity index (χ0v) is 13.4. The summed E-state index contributed by atoms with van der Waals surface area (Å²) in [6, 6.07) is 0.870. The molecule has 0 unspecified atom stereocenters. The minimum absolute atomic E-state index is 0. The van der Waals surface area contributed by atoms with E-state index in [4.69, 9.17) is 16.2 Å². The number of hydrogen-bond donors (Lipinski definition) is 1. The largest absolute Gasteiger partial charge is 1.00 e. The summed E-state index contributed by atoms with van der Waals surface area (Å²) >= 11 is 5.36. The number of nitro benzene ring substituents is 2. The van der Waals surface area contributed by atoms with Gasteiger partial charge in [-0.25, -0.2) is 0 Å². The van der Waals surface area contributed by atoms with Crippen LogP contribution in [0.5, 0.6) is 0 Å². The molecule has 92 valence electrons. The van der Waals surface area contributed by atoms with Gasteiger partial charge in [0.25, 0.3) is 21.5 Å². The van der Waals surface area contributed by atoms with Crippen LogP contribution >= 0.6 is 11.6 Å². The number of halogens is 1. The van der Waals surface area contributed by atoms with E-state index < -0.39 is 41.3 Å². The molecule has 0 aliphatic carbocycles. The zero-order valence-electron chi connectivity index (χ0n) is 8.73. The van der Waals surface area contributed by atoms with E-state index in [2.05, 4.69) is 0 Å². The first-order valence-electron chi connectivity index (χ1n) is 3.74. The third-order valence-corrected chi connectivity index (χ3v) is 2.92. The summed E-state index contributed by atoms with van der Waals surface area (Å²) in [6.45, 7) is 0. The second kappa shape index (κ2) is 6.34. The summed E-state index contributed by atoms with van der Waals surface area (Å²) in [5, 5.41) is 20.2. The van der Waals surface area contributed by atoms with Crippen LogP contribution in [0.3, 0.4) is 0 Å². The van der Waals surface area contributed by atoms with E-state index in [1.807, 2.05) is 0 Å². The van der Waals surface area contributed by atoms with Crippen molar-refractivity contribution in [3.05, 3.63) is 37.4 Å². The predicted molar refractivity (Wildman–Crippen MR) is 54.6 cm³/mol. The first-order chi connectivity index (χ1) is 7.64. The molecule has 0 heterocycles. The van der Waals surface area contributed by atoms with Gasteiger partial charge in [0.1, 0.15) is 4.90 Å². The number of hydrogen-bond acceptors (Lipinski definition) is 6. The fraction of sp³-hybridized carbons (Fsp3) is 0. The molecule has 1 aromatic carbocycles. The maximum absolute atomic E-state index is 10.8. The Hall–Kier alpha value is -0.144. The molecule has 0 fully saturated rings. The summed E-state index contributed by atoms with van der Waals surface area (Å²) in [7, 11) is -4.80. The molecule has 0 aliphatic heterocycles. The van der Waals surface area contributed by atoms with E-state index in [0.717, 1.165) is 0 Å². The molecule has 0 aromatic heterocycles. The van der Waals surface area contributed by atoms with Gasteiger partial charge in [-0.1, -0.05) is 11.6 Å². The van der Waals surface area contributed by atoms with Gasteiger partial charge in [-0.15, -0.1) is 0 Å². The molecular weight excluding hydrogens is 319 g/mol. The Morgan fingerprint density at radius 2 is 1.44 bits per heavy atom. The minimum atomic E-state index is -4.80. The molecule has 0 aliphatic rings. The van der Waals surface area contributed by atoms with Crippen LogP contribution < -0.4 is 51.4 Å². The maximum Gasteiger partial charge on any atom is 1.00 e. The predicted octanol–water partition coefficient (Wildman–Crippen LogP) is -1.59. The van der Waals surface area contributed by atoms with Gasteiger partial charge in [0.15, 0.2) is 5.02 Å². The smallest absolute Gasteiger partial charge is 0.282 e. The van der Waals surface area contributed by atoms with E-state index >= 15 is 0 Å². The first-order valence-corrected chi connectivity index (χ1v) is 5.56. The molecule has 18 heavy (non-hydrogen) atoms. The summed E-state index contributed by atoms with van der Waals surface area (Å²) in [5.41, 5.74) is -1.96. The van der Waals surface area contributed by atoms with Crippen molar-refractivity contribution in [2.24, 2.45) is 0 Å². The van der Waals surface area contributed by atoms with Crippen molar-refractivity contribution < 1.29 is 74.2 Å². The van der Waals surface area contributed by atoms with Crippen molar-refractivity contribution in [3.63, 3.8) is 0 Å². The fourth-order valence-corrected chi connectivity index (χ4v) is 1.75. The van der Waals surface area contributed by atoms with Crippen molar-refractivity contribution >= 4 is 33.1 Å². The van der Waals surface area contributed by atoms with Crippen LogP contribution in [0.15, 0.2) is 17.0 Å². The Morgan fingerprint density at radius 1 is 1.11 bits per heavy atom. The monoisotopic (exact) mass is 321 g/mol. The molecule has 0 radical (unpaired) electrons. The van der Waals surface area contributed by atoms with E-state index in [1.165, 1.54) is 0 Å². The van der Waals surface area contributed by atoms with Crippen LogP contribution in [0, 0.1) is 20.2 Å². The van der Waals surface area contributed by atoms with Gasteiger partial charge in [0, 0.05) is 12.1 Å². The summed E-state index contributed by atoms with van der Waals surface area (Å²) in [4.78, 5) is 17.8. The Kier molecular flexibility index (Phi) is 6.29. The molecule has 1 N–H and O–H groups in total. The van der Waals surface area contributed by atoms with Crippen LogP contribution in [0.4, 0.5) is 11.4 Å². The van der Waals surface area contributed by atoms with Gasteiger partial charge in [-0.2, -0.15) is 8.42 Å². The third-order valence-electron chi connectivity index (χ3n) is 1.70. The standard InChI is InChI=1S/C6H3ClN2O7S.K/c7-6-4(8(10)11)1-3(17(14,15)16)2-5(6)9(12)13;/h1-2H,(H,14,15,16);/q;+1. The zero-order chi connectivity index (χ0) is 13.4. The Balaban J connectivity index is 0.00000289. The van der Waals surface area contributed by atoms with E-state index in [1.54, 1.807) is 0 Å². The van der Waals surface area contributed by atoms with Crippen LogP contribution in [-0.2, 0) is 10.1 Å². The number of rotatable bonds is 3. The van der Waals surface area contributed by atoms with E-state index in [0.29, 0.717) is 12.1 Å². The topological polar surface area (TPSA) is 141 Å². The van der Waals surface area contributed by atoms with Gasteiger partial charge >= 0.3 is 51.4 Å². The van der Waals surface area contributed by atoms with Crippen molar-refractivity contribution in [3.8, 4) is 0 Å². The van der Waals surface area contributed by atoms with Crippen LogP contribution in [-0.4, -0.2) is 22.8 Å². The van der Waals surface area contributed by atoms with Crippen LogP contribution in [0.25, 0.3) is 0 Å². The van der Waals surface area contributed by atoms with Crippen molar-refractivity contribution in [2.45, 2.75) is 4.90 Å². The average Bonchev–Trinajstić information content (AvgIpc) is 2.14. The molecule has 0 spiro atoms. The summed E-state index contributed by atoms with van der Waals surface area (Å²) in [5.74, 6) is 0. The molecule has 9 nitrogen and oxygen atoms in total. The van der Waals surface area contributed by atoms with Gasteiger partial charge in [0.05, 0.1) is 9.85 Å². The number of nitrogens with zero attached hydrogens (tertiary/aromatic N) is 2. The van der Waals surface area contributed by atoms with Crippen molar-refractivity contribution in [2.75, 3.05) is 0 Å². The first kappa shape index (κ1) is 17.9. The SMILES string of the molecule is O=[N+]([O-])c1cc(S(=O)(=O)O)cc([N+](=O)[O-])c1Cl.[K+]. The normalized spacial score (nSPS) is 10.6. The molecule has 0 atom stereocenters. The quantitative estimate of drug-likeness (QED) is 0.306. The Bertz CT molecular complexity index is 581. The molecule has 12 heteroatoms. The van der Waals surface area contributed by atoms with Crippen LogP contribution in [0.1, 0.15) is 0 Å². The average molecular weight is 322 g/mol. The molecule has 0 bridgehead atoms. The Labute approximate surface area is 148 Å². The Morgan fingerprint density at radius 3 is 1.67 bits per heavy atom. The summed E-state index contributed by atoms with van der Waals surface area (Å²) < 4.78 is 30.2. The molecular formula is C6H3ClKN2O7S+. The minimum Gasteiger partial charge on any atom is -0.282 e. The second-order valence-electron chi connectivity index (χ2n) is 2.76. The van der Waals surface area contributed by atoms with E-state index in [9.17, 15) is 28.6 Å². The van der Waals surface area contributed by atoms with Gasteiger partial charge in [-0.05, 0) is 0 Å². The maximum atomic E-state index is 10.8. The van der Waals surface area contributed by atoms with Crippen LogP contribution in [0.2, 0.25) is 5.02 Å². The fourth-order valence-electron chi connectivity index (χ4n) is 0.984. The van der Waals surface area contributed by atoms with Crippen molar-refractivity contribution in [1.82, 2.24) is 0 Å². The molecule has 0 saturated carbocycles. The molecule has 1 aromatic rings.